The molecule has 0 aliphatic carbocycles. The van der Waals surface area contributed by atoms with Gasteiger partial charge in [-0.3, -0.25) is 10.1 Å². The van der Waals surface area contributed by atoms with Gasteiger partial charge in [-0.1, -0.05) is 29.8 Å². The van der Waals surface area contributed by atoms with Gasteiger partial charge in [-0.2, -0.15) is 0 Å². The monoisotopic (exact) mass is 376 g/mol. The number of carbonyl (C=O) groups excluding carboxylic acids is 1. The minimum Gasteiger partial charge on any atom is -0.484 e. The molecule has 1 N–H and O–H groups in total. The highest BCUT2D eigenvalue weighted by Crippen LogP contribution is 2.21. The largest absolute Gasteiger partial charge is 0.484 e. The van der Waals surface area contributed by atoms with Gasteiger partial charge in [-0.15, -0.1) is 11.3 Å². The number of hydrogen-bond acceptors (Lipinski definition) is 4. The average molecular weight is 377 g/mol. The van der Waals surface area contributed by atoms with E-state index in [0.717, 1.165) is 10.4 Å². The number of ether oxygens (including phenoxy) is 1. The maximum atomic E-state index is 12.9. The van der Waals surface area contributed by atoms with Crippen LogP contribution >= 0.6 is 22.9 Å². The maximum Gasteiger partial charge on any atom is 0.264 e. The lowest BCUT2D eigenvalue weighted by Gasteiger charge is -2.05. The second-order valence-electron chi connectivity index (χ2n) is 5.23. The van der Waals surface area contributed by atoms with E-state index in [-0.39, 0.29) is 18.3 Å². The third kappa shape index (κ3) is 5.27. The Kier molecular flexibility index (Phi) is 5.63. The lowest BCUT2D eigenvalue weighted by Crippen LogP contribution is -2.19. The van der Waals surface area contributed by atoms with Crippen molar-refractivity contribution in [3.8, 4) is 5.75 Å². The molecular formula is C18H14ClFN2O2S. The summed E-state index contributed by atoms with van der Waals surface area (Å²) in [6, 6.07) is 13.1. The van der Waals surface area contributed by atoms with Crippen molar-refractivity contribution in [2.45, 2.75) is 6.42 Å². The second kappa shape index (κ2) is 8.09. The molecule has 128 valence electrons. The van der Waals surface area contributed by atoms with E-state index in [9.17, 15) is 9.18 Å². The molecule has 0 spiro atoms. The minimum atomic E-state index is -0.303. The summed E-state index contributed by atoms with van der Waals surface area (Å²) < 4.78 is 18.3. The molecule has 0 radical (unpaired) electrons. The normalized spacial score (nSPS) is 10.5. The molecule has 0 fully saturated rings. The zero-order valence-corrected chi connectivity index (χ0v) is 14.6. The van der Waals surface area contributed by atoms with Crippen molar-refractivity contribution in [3.05, 3.63) is 76.0 Å². The smallest absolute Gasteiger partial charge is 0.264 e. The number of rotatable bonds is 6. The molecule has 0 aliphatic heterocycles. The van der Waals surface area contributed by atoms with Gasteiger partial charge in [-0.25, -0.2) is 9.37 Å². The molecule has 7 heteroatoms. The van der Waals surface area contributed by atoms with E-state index in [4.69, 9.17) is 16.3 Å². The molecule has 0 atom stereocenters. The first-order valence-corrected chi connectivity index (χ1v) is 8.65. The van der Waals surface area contributed by atoms with Gasteiger partial charge in [0.1, 0.15) is 11.6 Å². The highest BCUT2D eigenvalue weighted by atomic mass is 35.5. The number of carbonyl (C=O) groups is 1. The first-order chi connectivity index (χ1) is 12.1. The molecule has 1 aromatic heterocycles. The number of benzene rings is 2. The van der Waals surface area contributed by atoms with Gasteiger partial charge in [0.25, 0.3) is 5.91 Å². The third-order valence-electron chi connectivity index (χ3n) is 3.26. The quantitative estimate of drug-likeness (QED) is 0.687. The first-order valence-electron chi connectivity index (χ1n) is 7.46. The van der Waals surface area contributed by atoms with E-state index in [0.29, 0.717) is 22.3 Å². The van der Waals surface area contributed by atoms with Gasteiger partial charge in [0.15, 0.2) is 11.7 Å². The van der Waals surface area contributed by atoms with Crippen LogP contribution in [0.5, 0.6) is 5.75 Å². The highest BCUT2D eigenvalue weighted by molar-refractivity contribution is 7.15. The zero-order chi connectivity index (χ0) is 17.6. The first kappa shape index (κ1) is 17.4. The van der Waals surface area contributed by atoms with Crippen LogP contribution in [0.3, 0.4) is 0 Å². The van der Waals surface area contributed by atoms with Crippen LogP contribution in [0.2, 0.25) is 5.02 Å². The van der Waals surface area contributed by atoms with Gasteiger partial charge in [0, 0.05) is 22.5 Å². The minimum absolute atomic E-state index is 0.132. The summed E-state index contributed by atoms with van der Waals surface area (Å²) in [5.74, 6) is -0.0397. The molecule has 0 bridgehead atoms. The van der Waals surface area contributed by atoms with Gasteiger partial charge in [0.05, 0.1) is 0 Å². The Hall–Kier alpha value is -2.44. The van der Waals surface area contributed by atoms with Crippen molar-refractivity contribution >= 4 is 34.0 Å². The van der Waals surface area contributed by atoms with Gasteiger partial charge >= 0.3 is 0 Å². The number of halogens is 2. The Bertz CT molecular complexity index is 868. The molecule has 2 aromatic carbocycles. The van der Waals surface area contributed by atoms with Crippen molar-refractivity contribution in [1.82, 2.24) is 4.98 Å². The Labute approximate surface area is 153 Å². The van der Waals surface area contributed by atoms with Crippen LogP contribution in [0.4, 0.5) is 9.52 Å². The Balaban J connectivity index is 1.52. The number of nitrogens with zero attached hydrogens (tertiary/aromatic N) is 1. The fourth-order valence-corrected chi connectivity index (χ4v) is 3.15. The van der Waals surface area contributed by atoms with Gasteiger partial charge in [-0.05, 0) is 35.9 Å². The zero-order valence-electron chi connectivity index (χ0n) is 13.0. The number of aromatic nitrogens is 1. The molecule has 0 saturated heterocycles. The number of amides is 1. The fraction of sp³-hybridized carbons (Fsp3) is 0.111. The van der Waals surface area contributed by atoms with Crippen molar-refractivity contribution < 1.29 is 13.9 Å². The lowest BCUT2D eigenvalue weighted by molar-refractivity contribution is -0.118. The number of anilines is 1. The van der Waals surface area contributed by atoms with Crippen molar-refractivity contribution in [3.63, 3.8) is 0 Å². The van der Waals surface area contributed by atoms with Crippen molar-refractivity contribution in [1.29, 1.82) is 0 Å². The van der Waals surface area contributed by atoms with E-state index < -0.39 is 0 Å². The number of thiazole rings is 1. The molecule has 3 rings (SSSR count). The predicted octanol–water partition coefficient (Wildman–Crippen LogP) is 4.54. The Morgan fingerprint density at radius 1 is 1.24 bits per heavy atom. The van der Waals surface area contributed by atoms with E-state index in [1.165, 1.54) is 23.5 Å². The molecule has 25 heavy (non-hydrogen) atoms. The topological polar surface area (TPSA) is 51.2 Å². The standard InChI is InChI=1S/C18H14ClFN2O2S/c19-13-2-1-3-15(9-13)24-11-17(23)22-18-21-10-16(25-18)8-12-4-6-14(20)7-5-12/h1-7,9-10H,8,11H2,(H,21,22,23). The lowest BCUT2D eigenvalue weighted by atomic mass is 10.1. The molecule has 1 heterocycles. The Morgan fingerprint density at radius 2 is 2.04 bits per heavy atom. The summed E-state index contributed by atoms with van der Waals surface area (Å²) >= 11 is 7.23. The molecule has 1 amide bonds. The number of hydrogen-bond donors (Lipinski definition) is 1. The van der Waals surface area contributed by atoms with Crippen LogP contribution in [0.15, 0.2) is 54.7 Å². The van der Waals surface area contributed by atoms with Crippen molar-refractivity contribution in [2.24, 2.45) is 0 Å². The van der Waals surface area contributed by atoms with Crippen LogP contribution < -0.4 is 10.1 Å². The molecule has 4 nitrogen and oxygen atoms in total. The SMILES string of the molecule is O=C(COc1cccc(Cl)c1)Nc1ncc(Cc2ccc(F)cc2)s1. The summed E-state index contributed by atoms with van der Waals surface area (Å²) in [6.07, 6.45) is 2.33. The average Bonchev–Trinajstić information content (AvgIpc) is 3.02. The van der Waals surface area contributed by atoms with E-state index in [1.807, 2.05) is 0 Å². The fourth-order valence-electron chi connectivity index (χ4n) is 2.11. The van der Waals surface area contributed by atoms with Crippen molar-refractivity contribution in [2.75, 3.05) is 11.9 Å². The van der Waals surface area contributed by atoms with Gasteiger partial charge in [0.2, 0.25) is 0 Å². The molecular weight excluding hydrogens is 363 g/mol. The van der Waals surface area contributed by atoms with E-state index >= 15 is 0 Å². The van der Waals surface area contributed by atoms with Crippen LogP contribution in [-0.2, 0) is 11.2 Å². The molecule has 0 saturated carbocycles. The third-order valence-corrected chi connectivity index (χ3v) is 4.41. The number of nitrogens with one attached hydrogen (secondary N) is 1. The predicted molar refractivity (Wildman–Crippen MR) is 96.9 cm³/mol. The summed E-state index contributed by atoms with van der Waals surface area (Å²) in [6.45, 7) is -0.132. The highest BCUT2D eigenvalue weighted by Gasteiger charge is 2.08. The molecule has 3 aromatic rings. The van der Waals surface area contributed by atoms with Crippen LogP contribution in [0.1, 0.15) is 10.4 Å². The van der Waals surface area contributed by atoms with Crippen LogP contribution in [0, 0.1) is 5.82 Å². The maximum absolute atomic E-state index is 12.9. The molecule has 0 aliphatic rings. The van der Waals surface area contributed by atoms with E-state index in [1.54, 1.807) is 42.6 Å². The molecule has 0 unspecified atom stereocenters. The van der Waals surface area contributed by atoms with E-state index in [2.05, 4.69) is 10.3 Å². The van der Waals surface area contributed by atoms with Crippen LogP contribution in [-0.4, -0.2) is 17.5 Å². The summed E-state index contributed by atoms with van der Waals surface area (Å²) in [5.41, 5.74) is 0.979. The summed E-state index contributed by atoms with van der Waals surface area (Å²) in [5, 5.41) is 3.73. The van der Waals surface area contributed by atoms with Crippen LogP contribution in [0.25, 0.3) is 0 Å². The second-order valence-corrected chi connectivity index (χ2v) is 6.78. The summed E-state index contributed by atoms with van der Waals surface area (Å²) in [4.78, 5) is 17.1. The Morgan fingerprint density at radius 3 is 2.80 bits per heavy atom. The summed E-state index contributed by atoms with van der Waals surface area (Å²) in [7, 11) is 0. The van der Waals surface area contributed by atoms with Gasteiger partial charge < -0.3 is 4.74 Å².